The number of nitrogens with one attached hydrogen (secondary N) is 3. The minimum Gasteiger partial charge on any atom is -0.354 e. The molecule has 172 valence electrons. The first-order valence-electron chi connectivity index (χ1n) is 10.2. The lowest BCUT2D eigenvalue weighted by molar-refractivity contribution is 0.219. The van der Waals surface area contributed by atoms with Gasteiger partial charge >= 0.3 is 0 Å². The third kappa shape index (κ3) is 8.06. The summed E-state index contributed by atoms with van der Waals surface area (Å²) in [7, 11) is -0.273. The van der Waals surface area contributed by atoms with Crippen LogP contribution in [0.4, 0.5) is 0 Å². The molecule has 7 nitrogen and oxygen atoms in total. The molecule has 2 aromatic rings. The van der Waals surface area contributed by atoms with Gasteiger partial charge in [-0.15, -0.1) is 24.0 Å². The van der Waals surface area contributed by atoms with Crippen LogP contribution in [0.1, 0.15) is 31.0 Å². The van der Waals surface area contributed by atoms with Crippen LogP contribution in [0.3, 0.4) is 0 Å². The molecular formula is C22H34IN5O2S. The number of guanidine groups is 1. The fourth-order valence-electron chi connectivity index (χ4n) is 3.30. The number of halogens is 1. The molecule has 0 aliphatic rings. The molecule has 0 aliphatic heterocycles. The van der Waals surface area contributed by atoms with Crippen LogP contribution in [0.15, 0.2) is 64.5 Å². The number of sulfonamides is 1. The van der Waals surface area contributed by atoms with Crippen molar-refractivity contribution in [1.82, 2.24) is 20.3 Å². The Hall–Kier alpha value is -1.69. The van der Waals surface area contributed by atoms with Gasteiger partial charge in [0.05, 0.1) is 10.9 Å². The standard InChI is InChI=1S/C22H33N5O2S.HI/c1-5-27(6-2)21(19-10-8-7-9-11-19)17-26-22(23-3)25-16-18-12-14-20(15-13-18)30(28,29)24-4;/h7-15,21,24H,5-6,16-17H2,1-4H3,(H2,23,25,26);1H. The summed E-state index contributed by atoms with van der Waals surface area (Å²) < 4.78 is 26.0. The molecule has 1 unspecified atom stereocenters. The topological polar surface area (TPSA) is 85.8 Å². The van der Waals surface area contributed by atoms with Gasteiger partial charge in [0.1, 0.15) is 0 Å². The van der Waals surface area contributed by atoms with Gasteiger partial charge in [0, 0.05) is 20.1 Å². The van der Waals surface area contributed by atoms with E-state index in [9.17, 15) is 8.42 Å². The quantitative estimate of drug-likeness (QED) is 0.237. The first kappa shape index (κ1) is 27.3. The van der Waals surface area contributed by atoms with E-state index in [2.05, 4.69) is 63.4 Å². The van der Waals surface area contributed by atoms with Gasteiger partial charge in [-0.25, -0.2) is 13.1 Å². The third-order valence-electron chi connectivity index (χ3n) is 5.09. The van der Waals surface area contributed by atoms with Crippen LogP contribution in [-0.4, -0.2) is 53.0 Å². The maximum absolute atomic E-state index is 11.8. The summed E-state index contributed by atoms with van der Waals surface area (Å²) in [5, 5.41) is 6.72. The van der Waals surface area contributed by atoms with E-state index in [4.69, 9.17) is 0 Å². The number of hydrogen-bond acceptors (Lipinski definition) is 4. The number of rotatable bonds is 10. The van der Waals surface area contributed by atoms with E-state index in [1.54, 1.807) is 31.3 Å². The molecule has 9 heteroatoms. The van der Waals surface area contributed by atoms with E-state index >= 15 is 0 Å². The van der Waals surface area contributed by atoms with Crippen molar-refractivity contribution in [3.05, 3.63) is 65.7 Å². The molecule has 3 N–H and O–H groups in total. The van der Waals surface area contributed by atoms with E-state index in [-0.39, 0.29) is 34.9 Å². The Morgan fingerprint density at radius 1 is 1.00 bits per heavy atom. The second-order valence-corrected chi connectivity index (χ2v) is 8.69. The molecule has 0 saturated heterocycles. The summed E-state index contributed by atoms with van der Waals surface area (Å²) in [6.07, 6.45) is 0. The van der Waals surface area contributed by atoms with Gasteiger partial charge in [0.25, 0.3) is 0 Å². The molecule has 0 amide bonds. The van der Waals surface area contributed by atoms with Crippen molar-refractivity contribution in [3.8, 4) is 0 Å². The summed E-state index contributed by atoms with van der Waals surface area (Å²) in [6.45, 7) is 7.54. The zero-order valence-corrected chi connectivity index (χ0v) is 21.8. The van der Waals surface area contributed by atoms with Crippen molar-refractivity contribution in [1.29, 1.82) is 0 Å². The number of aliphatic imine (C=N–C) groups is 1. The van der Waals surface area contributed by atoms with Crippen LogP contribution < -0.4 is 15.4 Å². The van der Waals surface area contributed by atoms with E-state index in [0.29, 0.717) is 12.5 Å². The lowest BCUT2D eigenvalue weighted by Gasteiger charge is -2.30. The molecule has 31 heavy (non-hydrogen) atoms. The molecule has 1 atom stereocenters. The molecule has 0 fully saturated rings. The average Bonchev–Trinajstić information content (AvgIpc) is 2.79. The van der Waals surface area contributed by atoms with Crippen LogP contribution in [0.2, 0.25) is 0 Å². The Kier molecular flexibility index (Phi) is 12.1. The van der Waals surface area contributed by atoms with Gasteiger partial charge in [-0.3, -0.25) is 9.89 Å². The summed E-state index contributed by atoms with van der Waals surface area (Å²) in [4.78, 5) is 6.98. The Labute approximate surface area is 203 Å². The van der Waals surface area contributed by atoms with Gasteiger partial charge in [-0.05, 0) is 43.4 Å². The Morgan fingerprint density at radius 3 is 2.13 bits per heavy atom. The zero-order valence-electron chi connectivity index (χ0n) is 18.6. The Morgan fingerprint density at radius 2 is 1.61 bits per heavy atom. The van der Waals surface area contributed by atoms with E-state index < -0.39 is 10.0 Å². The van der Waals surface area contributed by atoms with Crippen LogP contribution in [0.5, 0.6) is 0 Å². The first-order chi connectivity index (χ1) is 14.4. The summed E-state index contributed by atoms with van der Waals surface area (Å²) in [5.74, 6) is 0.704. The second kappa shape index (κ2) is 13.7. The number of hydrogen-bond donors (Lipinski definition) is 3. The highest BCUT2D eigenvalue weighted by molar-refractivity contribution is 14.0. The van der Waals surface area contributed by atoms with Gasteiger partial charge < -0.3 is 10.6 Å². The van der Waals surface area contributed by atoms with Crippen LogP contribution >= 0.6 is 24.0 Å². The minimum atomic E-state index is -3.42. The largest absolute Gasteiger partial charge is 0.354 e. The van der Waals surface area contributed by atoms with Crippen LogP contribution in [0, 0.1) is 0 Å². The maximum atomic E-state index is 11.8. The molecule has 0 bridgehead atoms. The highest BCUT2D eigenvalue weighted by Gasteiger charge is 2.18. The van der Waals surface area contributed by atoms with Gasteiger partial charge in [0.15, 0.2) is 5.96 Å². The Bertz CT molecular complexity index is 901. The molecule has 0 heterocycles. The van der Waals surface area contributed by atoms with Gasteiger partial charge in [0.2, 0.25) is 10.0 Å². The van der Waals surface area contributed by atoms with E-state index in [1.807, 2.05) is 6.07 Å². The number of nitrogens with zero attached hydrogens (tertiary/aromatic N) is 2. The van der Waals surface area contributed by atoms with Crippen LogP contribution in [0.25, 0.3) is 0 Å². The fourth-order valence-corrected chi connectivity index (χ4v) is 4.03. The molecule has 0 radical (unpaired) electrons. The Balaban J connectivity index is 0.00000480. The zero-order chi connectivity index (χ0) is 22.0. The predicted octanol–water partition coefficient (Wildman–Crippen LogP) is 2.96. The molecule has 2 aromatic carbocycles. The lowest BCUT2D eigenvalue weighted by Crippen LogP contribution is -2.43. The average molecular weight is 560 g/mol. The molecule has 0 saturated carbocycles. The predicted molar refractivity (Wildman–Crippen MR) is 138 cm³/mol. The highest BCUT2D eigenvalue weighted by atomic mass is 127. The van der Waals surface area contributed by atoms with Crippen molar-refractivity contribution >= 4 is 40.0 Å². The van der Waals surface area contributed by atoms with Crippen LogP contribution in [-0.2, 0) is 16.6 Å². The monoisotopic (exact) mass is 559 g/mol. The molecular weight excluding hydrogens is 525 g/mol. The maximum Gasteiger partial charge on any atom is 0.240 e. The van der Waals surface area contributed by atoms with E-state index in [0.717, 1.165) is 25.2 Å². The van der Waals surface area contributed by atoms with E-state index in [1.165, 1.54) is 12.6 Å². The minimum absolute atomic E-state index is 0. The first-order valence-corrected chi connectivity index (χ1v) is 11.7. The molecule has 0 spiro atoms. The smallest absolute Gasteiger partial charge is 0.240 e. The van der Waals surface area contributed by atoms with Crippen molar-refractivity contribution in [3.63, 3.8) is 0 Å². The van der Waals surface area contributed by atoms with Crippen molar-refractivity contribution in [2.75, 3.05) is 33.7 Å². The second-order valence-electron chi connectivity index (χ2n) is 6.81. The van der Waals surface area contributed by atoms with Crippen molar-refractivity contribution in [2.24, 2.45) is 4.99 Å². The van der Waals surface area contributed by atoms with Crippen molar-refractivity contribution in [2.45, 2.75) is 31.3 Å². The molecule has 0 aromatic heterocycles. The summed E-state index contributed by atoms with van der Waals surface area (Å²) in [6, 6.07) is 17.5. The molecule has 2 rings (SSSR count). The number of benzene rings is 2. The molecule has 0 aliphatic carbocycles. The SMILES string of the molecule is CCN(CC)C(CNC(=NC)NCc1ccc(S(=O)(=O)NC)cc1)c1ccccc1.I. The lowest BCUT2D eigenvalue weighted by atomic mass is 10.1. The number of likely N-dealkylation sites (N-methyl/N-ethyl adjacent to an activating group) is 1. The highest BCUT2D eigenvalue weighted by Crippen LogP contribution is 2.19. The summed E-state index contributed by atoms with van der Waals surface area (Å²) >= 11 is 0. The van der Waals surface area contributed by atoms with Gasteiger partial charge in [-0.2, -0.15) is 0 Å². The summed E-state index contributed by atoms with van der Waals surface area (Å²) in [5.41, 5.74) is 2.24. The fraction of sp³-hybridized carbons (Fsp3) is 0.409. The van der Waals surface area contributed by atoms with Crippen molar-refractivity contribution < 1.29 is 8.42 Å². The normalized spacial score (nSPS) is 12.9. The van der Waals surface area contributed by atoms with Gasteiger partial charge in [-0.1, -0.05) is 56.3 Å². The third-order valence-corrected chi connectivity index (χ3v) is 6.52.